The van der Waals surface area contributed by atoms with Gasteiger partial charge >= 0.3 is 0 Å². The van der Waals surface area contributed by atoms with Crippen molar-refractivity contribution in [2.45, 2.75) is 37.8 Å². The highest BCUT2D eigenvalue weighted by Crippen LogP contribution is 2.25. The second kappa shape index (κ2) is 7.49. The van der Waals surface area contributed by atoms with Gasteiger partial charge in [-0.2, -0.15) is 0 Å². The summed E-state index contributed by atoms with van der Waals surface area (Å²) < 4.78 is 0. The molecule has 0 heterocycles. The molecule has 3 atom stereocenters. The molecule has 1 aliphatic carbocycles. The zero-order chi connectivity index (χ0) is 15.2. The van der Waals surface area contributed by atoms with Crippen LogP contribution < -0.4 is 5.32 Å². The minimum absolute atomic E-state index is 0.0162. The van der Waals surface area contributed by atoms with E-state index >= 15 is 0 Å². The van der Waals surface area contributed by atoms with E-state index in [2.05, 4.69) is 5.32 Å². The highest BCUT2D eigenvalue weighted by Gasteiger charge is 2.24. The van der Waals surface area contributed by atoms with Gasteiger partial charge in [-0.25, -0.2) is 0 Å². The van der Waals surface area contributed by atoms with Gasteiger partial charge in [0.15, 0.2) is 0 Å². The van der Waals surface area contributed by atoms with E-state index in [0.717, 1.165) is 25.7 Å². The van der Waals surface area contributed by atoms with E-state index < -0.39 is 11.0 Å². The highest BCUT2D eigenvalue weighted by molar-refractivity contribution is 5.35. The van der Waals surface area contributed by atoms with Crippen LogP contribution in [0, 0.1) is 16.0 Å². The smallest absolute Gasteiger partial charge is 0.269 e. The molecule has 3 N–H and O–H groups in total. The van der Waals surface area contributed by atoms with E-state index in [-0.39, 0.29) is 24.3 Å². The third-order valence-corrected chi connectivity index (χ3v) is 4.18. The first kappa shape index (κ1) is 15.9. The summed E-state index contributed by atoms with van der Waals surface area (Å²) in [5, 5.41) is 33.6. The Kier molecular flexibility index (Phi) is 5.67. The highest BCUT2D eigenvalue weighted by atomic mass is 16.6. The van der Waals surface area contributed by atoms with Gasteiger partial charge in [-0.15, -0.1) is 0 Å². The number of aliphatic hydroxyl groups is 2. The molecule has 0 radical (unpaired) electrons. The van der Waals surface area contributed by atoms with Gasteiger partial charge in [0.05, 0.1) is 11.0 Å². The Morgan fingerprint density at radius 1 is 1.38 bits per heavy atom. The predicted octanol–water partition coefficient (Wildman–Crippen LogP) is 1.77. The average molecular weight is 294 g/mol. The van der Waals surface area contributed by atoms with Crippen LogP contribution >= 0.6 is 0 Å². The molecule has 6 nitrogen and oxygen atoms in total. The van der Waals surface area contributed by atoms with Crippen LogP contribution in [0.5, 0.6) is 0 Å². The molecule has 0 aromatic heterocycles. The van der Waals surface area contributed by atoms with Gasteiger partial charge in [-0.1, -0.05) is 25.0 Å². The molecular weight excluding hydrogens is 272 g/mol. The Morgan fingerprint density at radius 3 is 2.86 bits per heavy atom. The molecule has 6 heteroatoms. The summed E-state index contributed by atoms with van der Waals surface area (Å²) in [5.41, 5.74) is 0.519. The normalized spacial score (nSPS) is 23.7. The van der Waals surface area contributed by atoms with Gasteiger partial charge in [0.1, 0.15) is 0 Å². The number of rotatable bonds is 6. The molecule has 0 saturated heterocycles. The lowest BCUT2D eigenvalue weighted by molar-refractivity contribution is -0.385. The van der Waals surface area contributed by atoms with Gasteiger partial charge in [0.2, 0.25) is 0 Å². The first-order valence-electron chi connectivity index (χ1n) is 7.38. The molecular formula is C15H22N2O4. The van der Waals surface area contributed by atoms with Crippen molar-refractivity contribution in [3.8, 4) is 0 Å². The first-order valence-corrected chi connectivity index (χ1v) is 7.38. The maximum atomic E-state index is 10.7. The number of non-ortho nitro benzene ring substituents is 1. The molecule has 0 unspecified atom stereocenters. The summed E-state index contributed by atoms with van der Waals surface area (Å²) in [5.74, 6) is 0.232. The van der Waals surface area contributed by atoms with Crippen LogP contribution in [0.1, 0.15) is 37.4 Å². The standard InChI is InChI=1S/C15H22N2O4/c18-10-12-4-1-2-7-14(12)16-9-15(19)11-5-3-6-13(8-11)17(20)21/h3,5-6,8,12,14-16,18-19H,1-2,4,7,9-10H2/t12-,14+,15-/m1/s1. The Balaban J connectivity index is 1.93. The fourth-order valence-electron chi connectivity index (χ4n) is 2.92. The van der Waals surface area contributed by atoms with Crippen molar-refractivity contribution in [3.63, 3.8) is 0 Å². The van der Waals surface area contributed by atoms with Crippen molar-refractivity contribution in [1.29, 1.82) is 0 Å². The molecule has 2 rings (SSSR count). The molecule has 1 aromatic carbocycles. The predicted molar refractivity (Wildman–Crippen MR) is 78.9 cm³/mol. The zero-order valence-electron chi connectivity index (χ0n) is 11.9. The number of nitrogens with zero attached hydrogens (tertiary/aromatic N) is 1. The lowest BCUT2D eigenvalue weighted by Gasteiger charge is -2.31. The third kappa shape index (κ3) is 4.23. The molecule has 1 fully saturated rings. The number of aliphatic hydroxyl groups excluding tert-OH is 2. The quantitative estimate of drug-likeness (QED) is 0.549. The average Bonchev–Trinajstić information content (AvgIpc) is 2.52. The monoisotopic (exact) mass is 294 g/mol. The molecule has 1 saturated carbocycles. The maximum Gasteiger partial charge on any atom is 0.269 e. The second-order valence-corrected chi connectivity index (χ2v) is 5.61. The number of hydrogen-bond acceptors (Lipinski definition) is 5. The third-order valence-electron chi connectivity index (χ3n) is 4.18. The maximum absolute atomic E-state index is 10.7. The molecule has 0 amide bonds. The van der Waals surface area contributed by atoms with Crippen LogP contribution in [-0.4, -0.2) is 34.3 Å². The van der Waals surface area contributed by atoms with E-state index in [0.29, 0.717) is 12.1 Å². The Labute approximate surface area is 124 Å². The van der Waals surface area contributed by atoms with E-state index in [1.807, 2.05) is 0 Å². The van der Waals surface area contributed by atoms with Crippen LogP contribution in [-0.2, 0) is 0 Å². The summed E-state index contributed by atoms with van der Waals surface area (Å²) in [6.45, 7) is 0.493. The second-order valence-electron chi connectivity index (χ2n) is 5.61. The number of benzene rings is 1. The van der Waals surface area contributed by atoms with Gasteiger partial charge in [0.25, 0.3) is 5.69 Å². The lowest BCUT2D eigenvalue weighted by atomic mass is 9.85. The van der Waals surface area contributed by atoms with E-state index in [1.54, 1.807) is 12.1 Å². The SMILES string of the molecule is O=[N+]([O-])c1cccc([C@H](O)CN[C@H]2CCCC[C@@H]2CO)c1. The number of nitrogens with one attached hydrogen (secondary N) is 1. The Bertz CT molecular complexity index is 480. The molecule has 21 heavy (non-hydrogen) atoms. The molecule has 116 valence electrons. The zero-order valence-corrected chi connectivity index (χ0v) is 11.9. The van der Waals surface area contributed by atoms with E-state index in [9.17, 15) is 20.3 Å². The lowest BCUT2D eigenvalue weighted by Crippen LogP contribution is -2.41. The van der Waals surface area contributed by atoms with Crippen LogP contribution in [0.15, 0.2) is 24.3 Å². The fraction of sp³-hybridized carbons (Fsp3) is 0.600. The minimum Gasteiger partial charge on any atom is -0.396 e. The van der Waals surface area contributed by atoms with Crippen molar-refractivity contribution in [3.05, 3.63) is 39.9 Å². The number of nitro groups is 1. The van der Waals surface area contributed by atoms with Gasteiger partial charge in [-0.3, -0.25) is 10.1 Å². The van der Waals surface area contributed by atoms with Crippen LogP contribution in [0.25, 0.3) is 0 Å². The number of nitro benzene ring substituents is 1. The summed E-state index contributed by atoms with van der Waals surface area (Å²) in [4.78, 5) is 10.3. The molecule has 0 bridgehead atoms. The summed E-state index contributed by atoms with van der Waals surface area (Å²) in [6.07, 6.45) is 3.47. The summed E-state index contributed by atoms with van der Waals surface area (Å²) in [7, 11) is 0. The summed E-state index contributed by atoms with van der Waals surface area (Å²) in [6, 6.07) is 6.28. The number of hydrogen-bond donors (Lipinski definition) is 3. The van der Waals surface area contributed by atoms with Crippen molar-refractivity contribution in [2.24, 2.45) is 5.92 Å². The Hall–Kier alpha value is -1.50. The molecule has 0 spiro atoms. The van der Waals surface area contributed by atoms with E-state index in [1.165, 1.54) is 12.1 Å². The minimum atomic E-state index is -0.786. The first-order chi connectivity index (χ1) is 10.1. The molecule has 0 aliphatic heterocycles. The van der Waals surface area contributed by atoms with E-state index in [4.69, 9.17) is 0 Å². The topological polar surface area (TPSA) is 95.6 Å². The van der Waals surface area contributed by atoms with Crippen LogP contribution in [0.3, 0.4) is 0 Å². The van der Waals surface area contributed by atoms with Crippen molar-refractivity contribution in [2.75, 3.05) is 13.2 Å². The van der Waals surface area contributed by atoms with Crippen molar-refractivity contribution >= 4 is 5.69 Å². The Morgan fingerprint density at radius 2 is 2.14 bits per heavy atom. The fourth-order valence-corrected chi connectivity index (χ4v) is 2.92. The molecule has 1 aliphatic rings. The van der Waals surface area contributed by atoms with Gasteiger partial charge in [-0.05, 0) is 24.3 Å². The largest absolute Gasteiger partial charge is 0.396 e. The van der Waals surface area contributed by atoms with Gasteiger partial charge in [0, 0.05) is 31.3 Å². The van der Waals surface area contributed by atoms with Crippen molar-refractivity contribution < 1.29 is 15.1 Å². The molecule has 1 aromatic rings. The van der Waals surface area contributed by atoms with Gasteiger partial charge < -0.3 is 15.5 Å². The van der Waals surface area contributed by atoms with Crippen LogP contribution in [0.4, 0.5) is 5.69 Å². The summed E-state index contributed by atoms with van der Waals surface area (Å²) >= 11 is 0. The van der Waals surface area contributed by atoms with Crippen LogP contribution in [0.2, 0.25) is 0 Å². The van der Waals surface area contributed by atoms with Crippen molar-refractivity contribution in [1.82, 2.24) is 5.32 Å².